The summed E-state index contributed by atoms with van der Waals surface area (Å²) in [5.74, 6) is -2.24. The summed E-state index contributed by atoms with van der Waals surface area (Å²) in [5, 5.41) is 10.5. The summed E-state index contributed by atoms with van der Waals surface area (Å²) in [6.07, 6.45) is -4.75. The zero-order valence-electron chi connectivity index (χ0n) is 18.8. The van der Waals surface area contributed by atoms with Gasteiger partial charge in [-0.1, -0.05) is 6.08 Å². The molecule has 1 aliphatic rings. The van der Waals surface area contributed by atoms with Gasteiger partial charge in [0.25, 0.3) is 0 Å². The van der Waals surface area contributed by atoms with Gasteiger partial charge in [0.1, 0.15) is 17.0 Å². The van der Waals surface area contributed by atoms with E-state index in [1.54, 1.807) is 38.3 Å². The molecule has 0 aliphatic heterocycles. The SMILES string of the molecule is CCOP(OCC)/C(C#N)=C/c1cn(CC2=CC(C(F)(F)F)=CC(C(F)(F)F)C2)c2ncccc12. The minimum Gasteiger partial charge on any atom is -0.330 e. The molecule has 188 valence electrons. The molecule has 0 spiro atoms. The Morgan fingerprint density at radius 2 is 1.91 bits per heavy atom. The first kappa shape index (κ1) is 26.9. The summed E-state index contributed by atoms with van der Waals surface area (Å²) >= 11 is 0. The monoisotopic (exact) mass is 517 g/mol. The highest BCUT2D eigenvalue weighted by Crippen LogP contribution is 2.48. The standard InChI is InChI=1S/C23H22F6N3O2P/c1-3-33-35(34-4-2)19(12-30)10-16-14-32(21-20(16)6-5-7-31-21)13-15-8-17(22(24,25)26)11-18(9-15)23(27,28)29/h5-8,10-11,14,18H,3-4,9,13H2,1-2H3/b19-10+. The van der Waals surface area contributed by atoms with Crippen LogP contribution in [0.5, 0.6) is 0 Å². The molecule has 0 saturated heterocycles. The maximum Gasteiger partial charge on any atom is 0.416 e. The minimum absolute atomic E-state index is 0.0355. The van der Waals surface area contributed by atoms with Gasteiger partial charge in [0.05, 0.1) is 24.7 Å². The van der Waals surface area contributed by atoms with E-state index in [0.29, 0.717) is 29.8 Å². The Labute approximate surface area is 199 Å². The number of nitrogens with zero attached hydrogens (tertiary/aromatic N) is 3. The van der Waals surface area contributed by atoms with E-state index in [-0.39, 0.29) is 23.5 Å². The summed E-state index contributed by atoms with van der Waals surface area (Å²) in [6.45, 7) is 3.92. The lowest BCUT2D eigenvalue weighted by Gasteiger charge is -2.25. The fourth-order valence-electron chi connectivity index (χ4n) is 3.67. The van der Waals surface area contributed by atoms with Crippen LogP contribution in [0.3, 0.4) is 0 Å². The van der Waals surface area contributed by atoms with Crippen molar-refractivity contribution in [3.8, 4) is 6.07 Å². The zero-order chi connectivity index (χ0) is 25.8. The number of pyridine rings is 1. The van der Waals surface area contributed by atoms with Gasteiger partial charge >= 0.3 is 12.4 Å². The van der Waals surface area contributed by atoms with Crippen molar-refractivity contribution in [3.63, 3.8) is 0 Å². The van der Waals surface area contributed by atoms with Crippen molar-refractivity contribution < 1.29 is 35.4 Å². The molecular weight excluding hydrogens is 495 g/mol. The van der Waals surface area contributed by atoms with Gasteiger partial charge in [0.15, 0.2) is 0 Å². The first-order valence-corrected chi connectivity index (χ1v) is 11.8. The molecule has 0 N–H and O–H groups in total. The largest absolute Gasteiger partial charge is 0.416 e. The van der Waals surface area contributed by atoms with Gasteiger partial charge in [-0.25, -0.2) is 4.98 Å². The molecule has 0 bridgehead atoms. The minimum atomic E-state index is -4.91. The first-order chi connectivity index (χ1) is 16.5. The molecule has 1 unspecified atom stereocenters. The van der Waals surface area contributed by atoms with E-state index in [9.17, 15) is 31.6 Å². The Bertz CT molecular complexity index is 1180. The highest BCUT2D eigenvalue weighted by Gasteiger charge is 2.44. The molecule has 5 nitrogen and oxygen atoms in total. The van der Waals surface area contributed by atoms with Crippen LogP contribution in [0.1, 0.15) is 25.8 Å². The average molecular weight is 517 g/mol. The second kappa shape index (κ2) is 10.9. The number of hydrogen-bond acceptors (Lipinski definition) is 4. The number of allylic oxidation sites excluding steroid dienone is 5. The molecule has 12 heteroatoms. The Balaban J connectivity index is 2.03. The number of alkyl halides is 6. The third-order valence-corrected chi connectivity index (χ3v) is 6.71. The molecule has 0 fully saturated rings. The first-order valence-electron chi connectivity index (χ1n) is 10.6. The van der Waals surface area contributed by atoms with Crippen LogP contribution in [0.4, 0.5) is 26.3 Å². The summed E-state index contributed by atoms with van der Waals surface area (Å²) in [4.78, 5) is 4.26. The molecule has 1 aliphatic carbocycles. The molecule has 2 heterocycles. The molecule has 2 aromatic heterocycles. The second-order valence-electron chi connectivity index (χ2n) is 7.60. The van der Waals surface area contributed by atoms with Crippen molar-refractivity contribution in [2.24, 2.45) is 5.92 Å². The van der Waals surface area contributed by atoms with Crippen molar-refractivity contribution in [3.05, 3.63) is 58.7 Å². The van der Waals surface area contributed by atoms with E-state index in [1.165, 1.54) is 10.8 Å². The fraction of sp³-hybridized carbons (Fsp3) is 0.391. The molecule has 0 amide bonds. The van der Waals surface area contributed by atoms with Gasteiger partial charge in [-0.05, 0) is 50.1 Å². The molecule has 0 saturated carbocycles. The van der Waals surface area contributed by atoms with Crippen molar-refractivity contribution in [1.82, 2.24) is 9.55 Å². The van der Waals surface area contributed by atoms with Gasteiger partial charge < -0.3 is 13.6 Å². The molecular formula is C23H22F6N3O2P. The lowest BCUT2D eigenvalue weighted by atomic mass is 9.89. The van der Waals surface area contributed by atoms with Gasteiger partial charge in [-0.3, -0.25) is 0 Å². The number of halogens is 6. The number of rotatable bonds is 8. The number of nitriles is 1. The number of hydrogen-bond donors (Lipinski definition) is 0. The normalized spacial score (nSPS) is 17.5. The predicted molar refractivity (Wildman–Crippen MR) is 120 cm³/mol. The second-order valence-corrected chi connectivity index (χ2v) is 9.11. The van der Waals surface area contributed by atoms with E-state index < -0.39 is 38.6 Å². The van der Waals surface area contributed by atoms with Crippen molar-refractivity contribution >= 4 is 25.5 Å². The van der Waals surface area contributed by atoms with Crippen LogP contribution in [0.25, 0.3) is 17.1 Å². The van der Waals surface area contributed by atoms with E-state index in [2.05, 4.69) is 11.1 Å². The molecule has 0 aromatic carbocycles. The predicted octanol–water partition coefficient (Wildman–Crippen LogP) is 7.28. The summed E-state index contributed by atoms with van der Waals surface area (Å²) in [7, 11) is -1.65. The molecule has 1 atom stereocenters. The maximum absolute atomic E-state index is 13.3. The average Bonchev–Trinajstić information content (AvgIpc) is 3.13. The van der Waals surface area contributed by atoms with Crippen LogP contribution >= 0.6 is 8.38 Å². The lowest BCUT2D eigenvalue weighted by Crippen LogP contribution is -2.27. The highest BCUT2D eigenvalue weighted by atomic mass is 31.2. The van der Waals surface area contributed by atoms with Crippen molar-refractivity contribution in [2.75, 3.05) is 13.2 Å². The van der Waals surface area contributed by atoms with Gasteiger partial charge in [0, 0.05) is 29.9 Å². The zero-order valence-corrected chi connectivity index (χ0v) is 19.7. The highest BCUT2D eigenvalue weighted by molar-refractivity contribution is 7.52. The van der Waals surface area contributed by atoms with E-state index in [4.69, 9.17) is 9.05 Å². The number of aromatic nitrogens is 2. The van der Waals surface area contributed by atoms with Crippen molar-refractivity contribution in [1.29, 1.82) is 5.26 Å². The van der Waals surface area contributed by atoms with Crippen LogP contribution in [0.2, 0.25) is 0 Å². The Kier molecular flexibility index (Phi) is 8.42. The van der Waals surface area contributed by atoms with Gasteiger partial charge in [-0.15, -0.1) is 0 Å². The van der Waals surface area contributed by atoms with Crippen LogP contribution in [0.15, 0.2) is 53.1 Å². The number of fused-ring (bicyclic) bond motifs is 1. The summed E-state index contributed by atoms with van der Waals surface area (Å²) in [5.41, 5.74) is -0.476. The van der Waals surface area contributed by atoms with Crippen LogP contribution in [0, 0.1) is 17.2 Å². The van der Waals surface area contributed by atoms with Gasteiger partial charge in [-0.2, -0.15) is 31.6 Å². The summed E-state index contributed by atoms with van der Waals surface area (Å²) in [6, 6.07) is 5.42. The third-order valence-electron chi connectivity index (χ3n) is 5.10. The molecule has 0 radical (unpaired) electrons. The third kappa shape index (κ3) is 6.51. The van der Waals surface area contributed by atoms with Crippen LogP contribution in [-0.2, 0) is 15.6 Å². The smallest absolute Gasteiger partial charge is 0.330 e. The van der Waals surface area contributed by atoms with E-state index in [1.807, 2.05) is 0 Å². The topological polar surface area (TPSA) is 60.1 Å². The van der Waals surface area contributed by atoms with Crippen LogP contribution in [-0.4, -0.2) is 35.1 Å². The molecule has 2 aromatic rings. The Hall–Kier alpha value is -2.67. The Morgan fingerprint density at radius 1 is 1.23 bits per heavy atom. The Morgan fingerprint density at radius 3 is 2.49 bits per heavy atom. The molecule has 3 rings (SSSR count). The molecule has 35 heavy (non-hydrogen) atoms. The maximum atomic E-state index is 13.3. The lowest BCUT2D eigenvalue weighted by molar-refractivity contribution is -0.162. The fourth-order valence-corrected chi connectivity index (χ4v) is 4.82. The van der Waals surface area contributed by atoms with Crippen LogP contribution < -0.4 is 0 Å². The van der Waals surface area contributed by atoms with E-state index in [0.717, 1.165) is 6.08 Å². The summed E-state index contributed by atoms with van der Waals surface area (Å²) < 4.78 is 92.5. The van der Waals surface area contributed by atoms with E-state index >= 15 is 0 Å². The quantitative estimate of drug-likeness (QED) is 0.210. The van der Waals surface area contributed by atoms with Gasteiger partial charge in [0.2, 0.25) is 8.38 Å². The van der Waals surface area contributed by atoms with Crippen molar-refractivity contribution in [2.45, 2.75) is 39.2 Å².